The number of aryl methyl sites for hydroxylation is 1. The van der Waals surface area contributed by atoms with Crippen molar-refractivity contribution in [3.05, 3.63) is 82.9 Å². The van der Waals surface area contributed by atoms with Gasteiger partial charge in [0.25, 0.3) is 11.8 Å². The van der Waals surface area contributed by atoms with Gasteiger partial charge in [0, 0.05) is 19.4 Å². The summed E-state index contributed by atoms with van der Waals surface area (Å²) >= 11 is 0. The number of hydrogen-bond acceptors (Lipinski definition) is 6. The van der Waals surface area contributed by atoms with Crippen LogP contribution in [0, 0.1) is 0 Å². The van der Waals surface area contributed by atoms with E-state index in [0.717, 1.165) is 0 Å². The van der Waals surface area contributed by atoms with Gasteiger partial charge in [-0.25, -0.2) is 9.78 Å². The first-order valence-corrected chi connectivity index (χ1v) is 9.84. The Morgan fingerprint density at radius 2 is 1.77 bits per heavy atom. The molecule has 8 nitrogen and oxygen atoms in total. The number of hydrogen-bond donors (Lipinski definition) is 0. The highest BCUT2D eigenvalue weighted by Gasteiger charge is 2.35. The normalized spacial score (nSPS) is 12.8. The molecule has 4 rings (SSSR count). The molecule has 0 bridgehead atoms. The van der Waals surface area contributed by atoms with E-state index in [-0.39, 0.29) is 30.5 Å². The van der Waals surface area contributed by atoms with E-state index in [4.69, 9.17) is 9.47 Å². The maximum atomic E-state index is 12.8. The lowest BCUT2D eigenvalue weighted by Crippen LogP contribution is -2.29. The molecular weight excluding hydrogens is 398 g/mol. The molecule has 0 saturated carbocycles. The second-order valence-corrected chi connectivity index (χ2v) is 7.04. The minimum atomic E-state index is -0.573. The van der Waals surface area contributed by atoms with Crippen LogP contribution in [0.15, 0.2) is 54.9 Å². The molecule has 0 unspecified atom stereocenters. The van der Waals surface area contributed by atoms with Gasteiger partial charge in [0.15, 0.2) is 0 Å². The third-order valence-corrected chi connectivity index (χ3v) is 5.04. The predicted molar refractivity (Wildman–Crippen MR) is 111 cm³/mol. The molecule has 3 aromatic rings. The van der Waals surface area contributed by atoms with Crippen LogP contribution in [0.5, 0.6) is 5.75 Å². The summed E-state index contributed by atoms with van der Waals surface area (Å²) in [6.45, 7) is 2.24. The number of nitrogens with zero attached hydrogens (tertiary/aromatic N) is 3. The number of carbonyl (C=O) groups is 3. The van der Waals surface area contributed by atoms with Crippen LogP contribution < -0.4 is 4.74 Å². The molecule has 2 amide bonds. The Labute approximate surface area is 179 Å². The minimum Gasteiger partial charge on any atom is -0.493 e. The number of amides is 2. The first-order chi connectivity index (χ1) is 15.0. The lowest BCUT2D eigenvalue weighted by Gasteiger charge is -2.16. The second kappa shape index (κ2) is 8.43. The number of rotatable bonds is 7. The number of imide groups is 1. The van der Waals surface area contributed by atoms with Gasteiger partial charge in [0.2, 0.25) is 0 Å². The summed E-state index contributed by atoms with van der Waals surface area (Å²) in [4.78, 5) is 43.4. The lowest BCUT2D eigenvalue weighted by atomic mass is 10.1. The van der Waals surface area contributed by atoms with Crippen LogP contribution in [0.2, 0.25) is 0 Å². The van der Waals surface area contributed by atoms with E-state index in [1.807, 2.05) is 14.0 Å². The van der Waals surface area contributed by atoms with E-state index in [2.05, 4.69) is 4.98 Å². The van der Waals surface area contributed by atoms with Crippen molar-refractivity contribution in [1.29, 1.82) is 0 Å². The van der Waals surface area contributed by atoms with Crippen molar-refractivity contribution < 1.29 is 23.9 Å². The van der Waals surface area contributed by atoms with Crippen molar-refractivity contribution in [2.45, 2.75) is 20.1 Å². The highest BCUT2D eigenvalue weighted by molar-refractivity contribution is 6.21. The van der Waals surface area contributed by atoms with Crippen molar-refractivity contribution in [3.63, 3.8) is 0 Å². The van der Waals surface area contributed by atoms with E-state index in [1.165, 1.54) is 4.90 Å². The molecule has 158 valence electrons. The van der Waals surface area contributed by atoms with Gasteiger partial charge in [-0.15, -0.1) is 0 Å². The highest BCUT2D eigenvalue weighted by atomic mass is 16.5. The second-order valence-electron chi connectivity index (χ2n) is 7.04. The van der Waals surface area contributed by atoms with Crippen molar-refractivity contribution in [2.24, 2.45) is 7.05 Å². The van der Waals surface area contributed by atoms with E-state index >= 15 is 0 Å². The molecule has 2 heterocycles. The Kier molecular flexibility index (Phi) is 5.53. The Bertz CT molecular complexity index is 1130. The van der Waals surface area contributed by atoms with Gasteiger partial charge >= 0.3 is 5.97 Å². The fourth-order valence-electron chi connectivity index (χ4n) is 3.43. The summed E-state index contributed by atoms with van der Waals surface area (Å²) in [5.41, 5.74) is 1.60. The SMILES string of the molecule is CCOc1ccc(CN2C(=O)c3ccccc3C2=O)cc1C(=O)OCc1nccn1C. The molecule has 1 aliphatic heterocycles. The average molecular weight is 419 g/mol. The molecule has 0 atom stereocenters. The van der Waals surface area contributed by atoms with Crippen LogP contribution in [0.3, 0.4) is 0 Å². The maximum Gasteiger partial charge on any atom is 0.342 e. The first kappa shape index (κ1) is 20.3. The number of imidazole rings is 1. The van der Waals surface area contributed by atoms with Crippen molar-refractivity contribution >= 4 is 17.8 Å². The Balaban J connectivity index is 1.56. The van der Waals surface area contributed by atoms with Gasteiger partial charge in [-0.1, -0.05) is 18.2 Å². The van der Waals surface area contributed by atoms with Gasteiger partial charge in [-0.05, 0) is 36.8 Å². The van der Waals surface area contributed by atoms with Crippen LogP contribution in [0.4, 0.5) is 0 Å². The smallest absolute Gasteiger partial charge is 0.342 e. The summed E-state index contributed by atoms with van der Waals surface area (Å²) in [6.07, 6.45) is 3.38. The summed E-state index contributed by atoms with van der Waals surface area (Å²) in [5, 5.41) is 0. The van der Waals surface area contributed by atoms with E-state index in [1.54, 1.807) is 59.4 Å². The van der Waals surface area contributed by atoms with Crippen LogP contribution in [0.25, 0.3) is 0 Å². The molecule has 0 saturated heterocycles. The average Bonchev–Trinajstić information content (AvgIpc) is 3.29. The van der Waals surface area contributed by atoms with Crippen molar-refractivity contribution in [1.82, 2.24) is 14.5 Å². The lowest BCUT2D eigenvalue weighted by molar-refractivity contribution is 0.0454. The number of fused-ring (bicyclic) bond motifs is 1. The summed E-state index contributed by atoms with van der Waals surface area (Å²) < 4.78 is 12.7. The predicted octanol–water partition coefficient (Wildman–Crippen LogP) is 2.97. The minimum absolute atomic E-state index is 0.0104. The molecule has 31 heavy (non-hydrogen) atoms. The Hall–Kier alpha value is -3.94. The van der Waals surface area contributed by atoms with Crippen LogP contribution >= 0.6 is 0 Å². The van der Waals surface area contributed by atoms with Gasteiger partial charge in [0.1, 0.15) is 23.7 Å². The zero-order chi connectivity index (χ0) is 22.0. The topological polar surface area (TPSA) is 90.7 Å². The molecule has 1 aliphatic rings. The highest BCUT2D eigenvalue weighted by Crippen LogP contribution is 2.27. The van der Waals surface area contributed by atoms with Crippen LogP contribution in [-0.2, 0) is 24.9 Å². The maximum absolute atomic E-state index is 12.8. The van der Waals surface area contributed by atoms with Crippen LogP contribution in [-0.4, -0.2) is 38.8 Å². The molecule has 0 radical (unpaired) electrons. The molecule has 0 fully saturated rings. The van der Waals surface area contributed by atoms with Crippen molar-refractivity contribution in [2.75, 3.05) is 6.61 Å². The number of aromatic nitrogens is 2. The standard InChI is InChI=1S/C23H21N3O5/c1-3-30-19-9-8-15(12-18(19)23(29)31-14-20-24-10-11-25(20)2)13-26-21(27)16-6-4-5-7-17(16)22(26)28/h4-12H,3,13-14H2,1-2H3. The van der Waals surface area contributed by atoms with E-state index in [9.17, 15) is 14.4 Å². The first-order valence-electron chi connectivity index (χ1n) is 9.84. The largest absolute Gasteiger partial charge is 0.493 e. The number of benzene rings is 2. The zero-order valence-electron chi connectivity index (χ0n) is 17.2. The Morgan fingerprint density at radius 3 is 2.39 bits per heavy atom. The number of carbonyl (C=O) groups excluding carboxylic acids is 3. The molecule has 0 aliphatic carbocycles. The third kappa shape index (κ3) is 3.92. The molecule has 1 aromatic heterocycles. The number of esters is 1. The third-order valence-electron chi connectivity index (χ3n) is 5.04. The summed E-state index contributed by atoms with van der Waals surface area (Å²) in [6, 6.07) is 11.7. The molecule has 8 heteroatoms. The van der Waals surface area contributed by atoms with E-state index in [0.29, 0.717) is 34.9 Å². The van der Waals surface area contributed by atoms with Gasteiger partial charge in [-0.3, -0.25) is 14.5 Å². The monoisotopic (exact) mass is 419 g/mol. The number of ether oxygens (including phenoxy) is 2. The van der Waals surface area contributed by atoms with E-state index < -0.39 is 5.97 Å². The van der Waals surface area contributed by atoms with Crippen LogP contribution in [0.1, 0.15) is 49.4 Å². The molecular formula is C23H21N3O5. The molecule has 0 spiro atoms. The molecule has 2 aromatic carbocycles. The fraction of sp³-hybridized carbons (Fsp3) is 0.217. The molecule has 0 N–H and O–H groups in total. The van der Waals surface area contributed by atoms with Gasteiger partial charge < -0.3 is 14.0 Å². The quantitative estimate of drug-likeness (QED) is 0.432. The van der Waals surface area contributed by atoms with Crippen molar-refractivity contribution in [3.8, 4) is 5.75 Å². The zero-order valence-corrected chi connectivity index (χ0v) is 17.2. The fourth-order valence-corrected chi connectivity index (χ4v) is 3.43. The summed E-state index contributed by atoms with van der Waals surface area (Å²) in [7, 11) is 1.81. The Morgan fingerprint density at radius 1 is 1.06 bits per heavy atom. The van der Waals surface area contributed by atoms with Gasteiger partial charge in [-0.2, -0.15) is 0 Å². The summed E-state index contributed by atoms with van der Waals surface area (Å²) in [5.74, 6) is -0.301. The van der Waals surface area contributed by atoms with Gasteiger partial charge in [0.05, 0.1) is 24.3 Å².